The predicted octanol–water partition coefficient (Wildman–Crippen LogP) is 4.23. The Morgan fingerprint density at radius 1 is 0.816 bits per heavy atom. The predicted molar refractivity (Wildman–Crippen MR) is 187 cm³/mol. The Bertz CT molecular complexity index is 968. The number of hydrogen-bond donors (Lipinski definition) is 7. The second-order valence-electron chi connectivity index (χ2n) is 13.3. The molecule has 1 rings (SSSR count). The lowest BCUT2D eigenvalue weighted by Gasteiger charge is -2.41. The monoisotopic (exact) mass is 725 g/mol. The van der Waals surface area contributed by atoms with E-state index in [2.05, 4.69) is 23.3 Å². The zero-order valence-electron chi connectivity index (χ0n) is 29.9. The quantitative estimate of drug-likeness (QED) is 0.0315. The van der Waals surface area contributed by atoms with Crippen LogP contribution in [0, 0.1) is 0 Å². The molecule has 0 spiro atoms. The third kappa shape index (κ3) is 21.0. The van der Waals surface area contributed by atoms with Crippen LogP contribution in [0.1, 0.15) is 142 Å². The van der Waals surface area contributed by atoms with Gasteiger partial charge in [0.15, 0.2) is 6.29 Å². The zero-order valence-corrected chi connectivity index (χ0v) is 30.7. The van der Waals surface area contributed by atoms with Crippen molar-refractivity contribution in [2.45, 2.75) is 191 Å². The molecule has 1 saturated heterocycles. The van der Waals surface area contributed by atoms with E-state index in [-0.39, 0.29) is 6.42 Å². The topological polar surface area (TPSA) is 212 Å². The summed E-state index contributed by atoms with van der Waals surface area (Å²) in [5.74, 6) is -0.707. The van der Waals surface area contributed by atoms with Crippen LogP contribution in [-0.4, -0.2) is 107 Å². The molecule has 7 N–H and O–H groups in total. The fourth-order valence-corrected chi connectivity index (χ4v) is 6.38. The second kappa shape index (κ2) is 27.5. The van der Waals surface area contributed by atoms with Crippen LogP contribution in [0.3, 0.4) is 0 Å². The van der Waals surface area contributed by atoms with E-state index in [1.54, 1.807) is 6.08 Å². The average Bonchev–Trinajstić information content (AvgIpc) is 3.06. The molecule has 0 aromatic rings. The van der Waals surface area contributed by atoms with Crippen molar-refractivity contribution in [3.05, 3.63) is 12.2 Å². The summed E-state index contributed by atoms with van der Waals surface area (Å²) in [5, 5.41) is 54.7. The number of nitrogens with one attached hydrogen (secondary N) is 1. The minimum absolute atomic E-state index is 0.245. The lowest BCUT2D eigenvalue weighted by Crippen LogP contribution is -2.61. The fraction of sp³-hybridized carbons (Fsp3) is 0.914. The number of aliphatic hydroxyl groups excluding tert-OH is 5. The van der Waals surface area contributed by atoms with Crippen LogP contribution in [-0.2, 0) is 28.9 Å². The van der Waals surface area contributed by atoms with Crippen molar-refractivity contribution in [2.75, 3.05) is 13.2 Å². The largest absolute Gasteiger partial charge is 0.397 e. The summed E-state index contributed by atoms with van der Waals surface area (Å²) in [6.45, 7) is 3.12. The maximum atomic E-state index is 12.9. The molecule has 290 valence electrons. The van der Waals surface area contributed by atoms with Crippen LogP contribution >= 0.6 is 0 Å². The summed E-state index contributed by atoms with van der Waals surface area (Å²) in [6, 6.07) is -1.11. The van der Waals surface area contributed by atoms with Gasteiger partial charge in [0.1, 0.15) is 30.5 Å². The van der Waals surface area contributed by atoms with Gasteiger partial charge in [-0.25, -0.2) is 4.18 Å². The van der Waals surface area contributed by atoms with E-state index in [9.17, 15) is 38.7 Å². The molecule has 0 aromatic heterocycles. The van der Waals surface area contributed by atoms with Crippen molar-refractivity contribution in [3.8, 4) is 0 Å². The van der Waals surface area contributed by atoms with E-state index in [0.29, 0.717) is 12.8 Å². The second-order valence-corrected chi connectivity index (χ2v) is 14.4. The van der Waals surface area contributed by atoms with Crippen molar-refractivity contribution >= 4 is 16.3 Å². The van der Waals surface area contributed by atoms with Crippen molar-refractivity contribution in [1.82, 2.24) is 5.32 Å². The smallest absolute Gasteiger partial charge is 0.394 e. The van der Waals surface area contributed by atoms with Gasteiger partial charge in [0.2, 0.25) is 5.91 Å². The molecule has 8 atom stereocenters. The van der Waals surface area contributed by atoms with Crippen molar-refractivity contribution in [2.24, 2.45) is 0 Å². The standard InChI is InChI=1S/C35H67NO12S/c1-3-5-7-9-11-13-15-17-19-21-23-28(38)27(36-34(42)29(39)24-22-20-18-16-14-12-10-8-6-4-2)26-46-35-32(41)33(48-49(43,44)45)31(40)30(25-37)47-35/h21,23,27-33,35,37-41H,3-20,22,24-26H2,1-2H3,(H,36,42)(H,43,44,45)/b23-21+. The van der Waals surface area contributed by atoms with Gasteiger partial charge in [-0.15, -0.1) is 0 Å². The summed E-state index contributed by atoms with van der Waals surface area (Å²) in [7, 11) is -5.11. The first kappa shape index (κ1) is 45.8. The first-order valence-electron chi connectivity index (χ1n) is 18.7. The van der Waals surface area contributed by atoms with Gasteiger partial charge in [-0.05, 0) is 19.3 Å². The molecule has 0 saturated carbocycles. The van der Waals surface area contributed by atoms with Crippen molar-refractivity contribution < 1.29 is 57.0 Å². The van der Waals surface area contributed by atoms with Crippen molar-refractivity contribution in [1.29, 1.82) is 0 Å². The van der Waals surface area contributed by atoms with Crippen LogP contribution < -0.4 is 5.32 Å². The highest BCUT2D eigenvalue weighted by Gasteiger charge is 2.48. The van der Waals surface area contributed by atoms with Gasteiger partial charge in [0.05, 0.1) is 25.4 Å². The Labute approximate surface area is 294 Å². The van der Waals surface area contributed by atoms with Gasteiger partial charge in [-0.1, -0.05) is 135 Å². The molecule has 8 unspecified atom stereocenters. The average molecular weight is 726 g/mol. The summed E-state index contributed by atoms with van der Waals surface area (Å²) < 4.78 is 47.1. The third-order valence-electron chi connectivity index (χ3n) is 8.93. The molecule has 0 aromatic carbocycles. The van der Waals surface area contributed by atoms with E-state index in [0.717, 1.165) is 38.5 Å². The third-order valence-corrected chi connectivity index (χ3v) is 9.39. The summed E-state index contributed by atoms with van der Waals surface area (Å²) in [4.78, 5) is 12.9. The molecule has 1 heterocycles. The molecular formula is C35H67NO12S. The van der Waals surface area contributed by atoms with Crippen LogP contribution in [0.15, 0.2) is 12.2 Å². The lowest BCUT2D eigenvalue weighted by atomic mass is 9.99. The minimum Gasteiger partial charge on any atom is -0.394 e. The molecule has 13 nitrogen and oxygen atoms in total. The number of hydrogen-bond acceptors (Lipinski definition) is 11. The number of carbonyl (C=O) groups excluding carboxylic acids is 1. The molecule has 0 aliphatic carbocycles. The Morgan fingerprint density at radius 2 is 1.33 bits per heavy atom. The molecule has 1 fully saturated rings. The van der Waals surface area contributed by atoms with E-state index in [1.165, 1.54) is 76.7 Å². The number of aliphatic hydroxyl groups is 5. The van der Waals surface area contributed by atoms with Crippen molar-refractivity contribution in [3.63, 3.8) is 0 Å². The van der Waals surface area contributed by atoms with Crippen LogP contribution in [0.4, 0.5) is 0 Å². The summed E-state index contributed by atoms with van der Waals surface area (Å²) >= 11 is 0. The minimum atomic E-state index is -5.11. The zero-order chi connectivity index (χ0) is 36.5. The van der Waals surface area contributed by atoms with E-state index in [4.69, 9.17) is 14.0 Å². The number of ether oxygens (including phenoxy) is 2. The number of allylic oxidation sites excluding steroid dienone is 1. The summed E-state index contributed by atoms with van der Waals surface area (Å²) in [6.07, 6.45) is 13.3. The van der Waals surface area contributed by atoms with Gasteiger partial charge < -0.3 is 40.3 Å². The van der Waals surface area contributed by atoms with Crippen LogP contribution in [0.2, 0.25) is 0 Å². The van der Waals surface area contributed by atoms with Crippen LogP contribution in [0.25, 0.3) is 0 Å². The normalized spacial score (nSPS) is 23.5. The first-order valence-corrected chi connectivity index (χ1v) is 20.0. The van der Waals surface area contributed by atoms with Gasteiger partial charge in [-0.2, -0.15) is 8.42 Å². The molecule has 49 heavy (non-hydrogen) atoms. The molecule has 0 radical (unpaired) electrons. The Hall–Kier alpha value is -1.20. The number of amides is 1. The van der Waals surface area contributed by atoms with E-state index in [1.807, 2.05) is 0 Å². The Kier molecular flexibility index (Phi) is 25.7. The van der Waals surface area contributed by atoms with Gasteiger partial charge >= 0.3 is 10.4 Å². The number of unbranched alkanes of at least 4 members (excludes halogenated alkanes) is 17. The maximum absolute atomic E-state index is 12.9. The molecule has 1 aliphatic rings. The van der Waals surface area contributed by atoms with E-state index >= 15 is 0 Å². The molecule has 1 aliphatic heterocycles. The highest BCUT2D eigenvalue weighted by atomic mass is 32.3. The molecular weight excluding hydrogens is 658 g/mol. The fourth-order valence-electron chi connectivity index (χ4n) is 5.87. The molecule has 1 amide bonds. The van der Waals surface area contributed by atoms with Gasteiger partial charge in [-0.3, -0.25) is 9.35 Å². The first-order chi connectivity index (χ1) is 23.4. The summed E-state index contributed by atoms with van der Waals surface area (Å²) in [5.41, 5.74) is 0. The Balaban J connectivity index is 2.75. The van der Waals surface area contributed by atoms with Gasteiger partial charge in [0, 0.05) is 0 Å². The number of rotatable bonds is 30. The molecule has 0 bridgehead atoms. The highest BCUT2D eigenvalue weighted by Crippen LogP contribution is 2.26. The Morgan fingerprint density at radius 3 is 1.84 bits per heavy atom. The van der Waals surface area contributed by atoms with Crippen LogP contribution in [0.5, 0.6) is 0 Å². The number of carbonyl (C=O) groups is 1. The maximum Gasteiger partial charge on any atom is 0.397 e. The van der Waals surface area contributed by atoms with Gasteiger partial charge in [0.25, 0.3) is 0 Å². The lowest BCUT2D eigenvalue weighted by molar-refractivity contribution is -0.298. The SMILES string of the molecule is CCCCCCCCCC/C=C/C(O)C(COC1OC(CO)C(O)C(OS(=O)(=O)O)C1O)NC(=O)C(O)CCCCCCCCCCCC. The van der Waals surface area contributed by atoms with E-state index < -0.39 is 78.5 Å². The molecule has 14 heteroatoms. The highest BCUT2D eigenvalue weighted by molar-refractivity contribution is 7.80.